The molecule has 0 saturated carbocycles. The lowest BCUT2D eigenvalue weighted by atomic mass is 10.2. The van der Waals surface area contributed by atoms with Crippen LogP contribution in [0.5, 0.6) is 0 Å². The molecule has 0 fully saturated rings. The monoisotopic (exact) mass is 267 g/mol. The molecule has 2 aromatic carbocycles. The van der Waals surface area contributed by atoms with E-state index in [4.69, 9.17) is 4.74 Å². The largest absolute Gasteiger partial charge is 0.374 e. The van der Waals surface area contributed by atoms with Crippen LogP contribution in [0.1, 0.15) is 5.56 Å². The lowest BCUT2D eigenvalue weighted by Gasteiger charge is -2.27. The van der Waals surface area contributed by atoms with E-state index in [0.29, 0.717) is 13.2 Å². The molecule has 0 aliphatic carbocycles. The normalized spacial score (nSPS) is 11.8. The summed E-state index contributed by atoms with van der Waals surface area (Å²) in [5, 5.41) is 0. The Balaban J connectivity index is 1.88. The molecule has 1 atom stereocenters. The average molecular weight is 267 g/mol. The lowest BCUT2D eigenvalue weighted by Crippen LogP contribution is -2.33. The van der Waals surface area contributed by atoms with Gasteiger partial charge in [-0.05, 0) is 17.7 Å². The van der Waals surface area contributed by atoms with Gasteiger partial charge in [-0.15, -0.1) is 6.58 Å². The van der Waals surface area contributed by atoms with Crippen molar-refractivity contribution in [2.75, 3.05) is 18.6 Å². The van der Waals surface area contributed by atoms with E-state index in [2.05, 4.69) is 42.8 Å². The van der Waals surface area contributed by atoms with Crippen molar-refractivity contribution in [3.63, 3.8) is 0 Å². The van der Waals surface area contributed by atoms with Gasteiger partial charge in [0, 0.05) is 12.7 Å². The molecule has 2 rings (SSSR count). The van der Waals surface area contributed by atoms with E-state index < -0.39 is 0 Å². The molecule has 0 spiro atoms. The van der Waals surface area contributed by atoms with E-state index in [-0.39, 0.29) is 6.04 Å². The van der Waals surface area contributed by atoms with Crippen molar-refractivity contribution in [1.82, 2.24) is 0 Å². The third kappa shape index (κ3) is 3.97. The zero-order valence-electron chi connectivity index (χ0n) is 11.9. The molecule has 0 aliphatic rings. The van der Waals surface area contributed by atoms with Crippen molar-refractivity contribution in [2.24, 2.45) is 0 Å². The number of ether oxygens (including phenoxy) is 1. The van der Waals surface area contributed by atoms with Crippen LogP contribution in [0.15, 0.2) is 73.3 Å². The van der Waals surface area contributed by atoms with Gasteiger partial charge in [-0.1, -0.05) is 54.6 Å². The fraction of sp³-hybridized carbons (Fsp3) is 0.222. The number of likely N-dealkylation sites (N-methyl/N-ethyl adjacent to an activating group) is 1. The summed E-state index contributed by atoms with van der Waals surface area (Å²) in [6.07, 6.45) is 1.93. The predicted octanol–water partition coefficient (Wildman–Crippen LogP) is 3.89. The molecule has 0 radical (unpaired) electrons. The van der Waals surface area contributed by atoms with Crippen LogP contribution in [0.3, 0.4) is 0 Å². The van der Waals surface area contributed by atoms with Gasteiger partial charge in [0.05, 0.1) is 19.3 Å². The molecule has 2 heteroatoms. The van der Waals surface area contributed by atoms with Crippen molar-refractivity contribution < 1.29 is 4.74 Å². The lowest BCUT2D eigenvalue weighted by molar-refractivity contribution is 0.115. The Labute approximate surface area is 121 Å². The van der Waals surface area contributed by atoms with Crippen LogP contribution < -0.4 is 4.90 Å². The highest BCUT2D eigenvalue weighted by Crippen LogP contribution is 2.15. The maximum atomic E-state index is 5.80. The SMILES string of the molecule is C=CC(COCc1ccccc1)N(C)c1ccccc1. The predicted molar refractivity (Wildman–Crippen MR) is 84.9 cm³/mol. The van der Waals surface area contributed by atoms with E-state index in [1.807, 2.05) is 42.5 Å². The first-order valence-corrected chi connectivity index (χ1v) is 6.83. The minimum absolute atomic E-state index is 0.168. The number of rotatable bonds is 7. The van der Waals surface area contributed by atoms with Crippen molar-refractivity contribution in [3.8, 4) is 0 Å². The van der Waals surface area contributed by atoms with Gasteiger partial charge in [0.25, 0.3) is 0 Å². The first-order chi connectivity index (χ1) is 9.81. The standard InChI is InChI=1S/C18H21NO/c1-3-17(19(2)18-12-8-5-9-13-18)15-20-14-16-10-6-4-7-11-16/h3-13,17H,1,14-15H2,2H3. The summed E-state index contributed by atoms with van der Waals surface area (Å²) < 4.78 is 5.80. The van der Waals surface area contributed by atoms with Crippen LogP contribution in [0, 0.1) is 0 Å². The summed E-state index contributed by atoms with van der Waals surface area (Å²) in [6.45, 7) is 5.17. The molecule has 0 bridgehead atoms. The summed E-state index contributed by atoms with van der Waals surface area (Å²) in [5.74, 6) is 0. The second-order valence-corrected chi connectivity index (χ2v) is 4.75. The number of nitrogens with zero attached hydrogens (tertiary/aromatic N) is 1. The Morgan fingerprint density at radius 1 is 1.05 bits per heavy atom. The molecule has 1 unspecified atom stereocenters. The number of para-hydroxylation sites is 1. The fourth-order valence-corrected chi connectivity index (χ4v) is 2.06. The first-order valence-electron chi connectivity index (χ1n) is 6.83. The molecule has 0 heterocycles. The van der Waals surface area contributed by atoms with Gasteiger partial charge in [0.2, 0.25) is 0 Å². The number of benzene rings is 2. The third-order valence-corrected chi connectivity index (χ3v) is 3.33. The molecule has 20 heavy (non-hydrogen) atoms. The van der Waals surface area contributed by atoms with Gasteiger partial charge in [0.15, 0.2) is 0 Å². The molecule has 2 aromatic rings. The van der Waals surface area contributed by atoms with Crippen molar-refractivity contribution in [3.05, 3.63) is 78.9 Å². The number of hydrogen-bond donors (Lipinski definition) is 0. The Kier molecular flexibility index (Phi) is 5.39. The maximum Gasteiger partial charge on any atom is 0.0718 e. The van der Waals surface area contributed by atoms with Gasteiger partial charge < -0.3 is 9.64 Å². The molecule has 0 saturated heterocycles. The van der Waals surface area contributed by atoms with Crippen LogP contribution in [-0.2, 0) is 11.3 Å². The minimum Gasteiger partial charge on any atom is -0.374 e. The van der Waals surface area contributed by atoms with Crippen molar-refractivity contribution in [1.29, 1.82) is 0 Å². The van der Waals surface area contributed by atoms with E-state index in [0.717, 1.165) is 0 Å². The van der Waals surface area contributed by atoms with Crippen LogP contribution in [0.4, 0.5) is 5.69 Å². The Hall–Kier alpha value is -2.06. The zero-order valence-corrected chi connectivity index (χ0v) is 11.9. The molecular weight excluding hydrogens is 246 g/mol. The smallest absolute Gasteiger partial charge is 0.0718 e. The van der Waals surface area contributed by atoms with E-state index in [1.54, 1.807) is 0 Å². The molecule has 0 aromatic heterocycles. The summed E-state index contributed by atoms with van der Waals surface area (Å²) in [6, 6.07) is 20.7. The van der Waals surface area contributed by atoms with Gasteiger partial charge >= 0.3 is 0 Å². The van der Waals surface area contributed by atoms with Crippen LogP contribution in [0.2, 0.25) is 0 Å². The first kappa shape index (κ1) is 14.4. The zero-order chi connectivity index (χ0) is 14.2. The fourth-order valence-electron chi connectivity index (χ4n) is 2.06. The summed E-state index contributed by atoms with van der Waals surface area (Å²) in [7, 11) is 2.06. The number of hydrogen-bond acceptors (Lipinski definition) is 2. The summed E-state index contributed by atoms with van der Waals surface area (Å²) >= 11 is 0. The molecular formula is C18H21NO. The molecule has 104 valence electrons. The highest BCUT2D eigenvalue weighted by Gasteiger charge is 2.11. The van der Waals surface area contributed by atoms with Crippen molar-refractivity contribution >= 4 is 5.69 Å². The molecule has 0 amide bonds. The minimum atomic E-state index is 0.168. The second-order valence-electron chi connectivity index (χ2n) is 4.75. The second kappa shape index (κ2) is 7.51. The molecule has 0 aliphatic heterocycles. The summed E-state index contributed by atoms with van der Waals surface area (Å²) in [5.41, 5.74) is 2.36. The van der Waals surface area contributed by atoms with Crippen molar-refractivity contribution in [2.45, 2.75) is 12.6 Å². The topological polar surface area (TPSA) is 12.5 Å². The van der Waals surface area contributed by atoms with Crippen LogP contribution in [0.25, 0.3) is 0 Å². The van der Waals surface area contributed by atoms with E-state index in [1.165, 1.54) is 11.3 Å². The molecule has 0 N–H and O–H groups in total. The molecule has 2 nitrogen and oxygen atoms in total. The highest BCUT2D eigenvalue weighted by molar-refractivity contribution is 5.47. The Bertz CT molecular complexity index is 509. The van der Waals surface area contributed by atoms with Gasteiger partial charge in [-0.2, -0.15) is 0 Å². The van der Waals surface area contributed by atoms with Crippen LogP contribution >= 0.6 is 0 Å². The quantitative estimate of drug-likeness (QED) is 0.706. The Morgan fingerprint density at radius 3 is 2.25 bits per heavy atom. The average Bonchev–Trinajstić information content (AvgIpc) is 2.53. The van der Waals surface area contributed by atoms with Gasteiger partial charge in [-0.3, -0.25) is 0 Å². The maximum absolute atomic E-state index is 5.80. The van der Waals surface area contributed by atoms with E-state index in [9.17, 15) is 0 Å². The van der Waals surface area contributed by atoms with Gasteiger partial charge in [-0.25, -0.2) is 0 Å². The van der Waals surface area contributed by atoms with Gasteiger partial charge in [0.1, 0.15) is 0 Å². The third-order valence-electron chi connectivity index (χ3n) is 3.33. The van der Waals surface area contributed by atoms with E-state index >= 15 is 0 Å². The highest BCUT2D eigenvalue weighted by atomic mass is 16.5. The Morgan fingerprint density at radius 2 is 1.65 bits per heavy atom. The summed E-state index contributed by atoms with van der Waals surface area (Å²) in [4.78, 5) is 2.18. The number of anilines is 1. The van der Waals surface area contributed by atoms with Crippen LogP contribution in [-0.4, -0.2) is 19.7 Å².